The molecule has 3 aromatic carbocycles. The van der Waals surface area contributed by atoms with E-state index in [1.165, 1.54) is 6.08 Å². The van der Waals surface area contributed by atoms with Gasteiger partial charge in [-0.3, -0.25) is 9.59 Å². The first-order chi connectivity index (χ1) is 17.7. The zero-order valence-electron chi connectivity index (χ0n) is 20.4. The number of allylic oxidation sites excluding steroid dienone is 1. The number of carbonyl (C=O) groups excluding carboxylic acids is 2. The fourth-order valence-electron chi connectivity index (χ4n) is 5.32. The van der Waals surface area contributed by atoms with Crippen LogP contribution in [0, 0.1) is 32.4 Å². The van der Waals surface area contributed by atoms with E-state index in [1.807, 2.05) is 61.7 Å². The van der Waals surface area contributed by atoms with Crippen molar-refractivity contribution in [1.29, 1.82) is 0 Å². The van der Waals surface area contributed by atoms with Gasteiger partial charge in [-0.05, 0) is 62.2 Å². The second-order valence-electron chi connectivity index (χ2n) is 9.37. The molecule has 0 bridgehead atoms. The lowest BCUT2D eigenvalue weighted by Gasteiger charge is -2.09. The molecule has 0 unspecified atom stereocenters. The van der Waals surface area contributed by atoms with E-state index in [9.17, 15) is 18.4 Å². The number of Topliss-reactive ketones (excluding diaryl/α,β-unsaturated/α-hetero) is 2. The zero-order valence-corrected chi connectivity index (χ0v) is 20.4. The molecule has 0 fully saturated rings. The number of aromatic nitrogens is 1. The van der Waals surface area contributed by atoms with Crippen molar-refractivity contribution in [2.24, 2.45) is 0 Å². The first-order valence-electron chi connectivity index (χ1n) is 11.8. The summed E-state index contributed by atoms with van der Waals surface area (Å²) in [5.74, 6) is -2.80. The fraction of sp³-hybridized carbons (Fsp3) is 0.0968. The number of hydrogen-bond donors (Lipinski definition) is 0. The highest BCUT2D eigenvalue weighted by Gasteiger charge is 2.38. The van der Waals surface area contributed by atoms with Gasteiger partial charge in [0, 0.05) is 23.4 Å². The quantitative estimate of drug-likeness (QED) is 0.193. The van der Waals surface area contributed by atoms with Crippen molar-refractivity contribution in [2.75, 3.05) is 0 Å². The molecule has 5 aromatic rings. The summed E-state index contributed by atoms with van der Waals surface area (Å²) in [5.41, 5.74) is 5.56. The molecule has 2 aromatic heterocycles. The second-order valence-corrected chi connectivity index (χ2v) is 9.37. The van der Waals surface area contributed by atoms with Gasteiger partial charge in [0.15, 0.2) is 5.58 Å². The minimum absolute atomic E-state index is 0.290. The Labute approximate surface area is 211 Å². The highest BCUT2D eigenvalue weighted by Crippen LogP contribution is 2.38. The summed E-state index contributed by atoms with van der Waals surface area (Å²) < 4.78 is 36.9. The van der Waals surface area contributed by atoms with Gasteiger partial charge in [0.2, 0.25) is 11.6 Å². The van der Waals surface area contributed by atoms with E-state index in [1.54, 1.807) is 6.07 Å². The van der Waals surface area contributed by atoms with Crippen LogP contribution in [0.4, 0.5) is 8.78 Å². The molecule has 37 heavy (non-hydrogen) atoms. The third-order valence-electron chi connectivity index (χ3n) is 6.80. The molecule has 0 atom stereocenters. The Hall–Kier alpha value is -4.58. The van der Waals surface area contributed by atoms with Crippen LogP contribution in [0.3, 0.4) is 0 Å². The summed E-state index contributed by atoms with van der Waals surface area (Å²) in [6.45, 7) is 6.13. The average molecular weight is 494 g/mol. The average Bonchev–Trinajstić information content (AvgIpc) is 3.47. The van der Waals surface area contributed by atoms with E-state index in [0.29, 0.717) is 17.0 Å². The summed E-state index contributed by atoms with van der Waals surface area (Å²) in [6.07, 6.45) is 1.38. The third-order valence-corrected chi connectivity index (χ3v) is 6.80. The van der Waals surface area contributed by atoms with Crippen molar-refractivity contribution in [2.45, 2.75) is 20.8 Å². The van der Waals surface area contributed by atoms with E-state index in [0.717, 1.165) is 45.6 Å². The molecule has 6 rings (SSSR count). The van der Waals surface area contributed by atoms with E-state index >= 15 is 0 Å². The fourth-order valence-corrected chi connectivity index (χ4v) is 5.32. The number of halogens is 2. The molecule has 182 valence electrons. The predicted molar refractivity (Wildman–Crippen MR) is 138 cm³/mol. The maximum absolute atomic E-state index is 14.4. The standard InChI is InChI=1S/C31H21F2NO3/c1-16-11-17(2)27(18(3)12-16)26-15-24-25(37-26)14-20(34(24)19-7-5-4-6-8-19)13-21-30(35)28-22(32)9-10-23(33)29(28)31(21)36/h4-15H,1-3H3. The Balaban J connectivity index is 1.56. The van der Waals surface area contributed by atoms with Gasteiger partial charge >= 0.3 is 0 Å². The summed E-state index contributed by atoms with van der Waals surface area (Å²) in [7, 11) is 0. The summed E-state index contributed by atoms with van der Waals surface area (Å²) in [6, 6.07) is 19.0. The second kappa shape index (κ2) is 8.23. The molecular formula is C31H21F2NO3. The number of rotatable bonds is 3. The molecule has 1 aliphatic rings. The number of ketones is 2. The lowest BCUT2D eigenvalue weighted by Crippen LogP contribution is -2.03. The molecule has 2 heterocycles. The molecule has 0 radical (unpaired) electrons. The van der Waals surface area contributed by atoms with Crippen molar-refractivity contribution in [1.82, 2.24) is 4.57 Å². The Morgan fingerprint density at radius 3 is 1.95 bits per heavy atom. The van der Waals surface area contributed by atoms with Gasteiger partial charge in [0.1, 0.15) is 17.4 Å². The van der Waals surface area contributed by atoms with Gasteiger partial charge in [0.25, 0.3) is 0 Å². The van der Waals surface area contributed by atoms with Gasteiger partial charge in [-0.1, -0.05) is 35.9 Å². The topological polar surface area (TPSA) is 52.2 Å². The Kier molecular flexibility index (Phi) is 5.09. The van der Waals surface area contributed by atoms with E-state index < -0.39 is 34.3 Å². The van der Waals surface area contributed by atoms with Crippen molar-refractivity contribution in [3.63, 3.8) is 0 Å². The van der Waals surface area contributed by atoms with Crippen LogP contribution in [0.2, 0.25) is 0 Å². The van der Waals surface area contributed by atoms with Crippen LogP contribution in [0.5, 0.6) is 0 Å². The number of furan rings is 1. The molecule has 4 nitrogen and oxygen atoms in total. The molecule has 0 spiro atoms. The van der Waals surface area contributed by atoms with E-state index in [4.69, 9.17) is 4.42 Å². The molecule has 0 saturated heterocycles. The monoisotopic (exact) mass is 493 g/mol. The number of benzene rings is 3. The van der Waals surface area contributed by atoms with Crippen LogP contribution >= 0.6 is 0 Å². The van der Waals surface area contributed by atoms with Gasteiger partial charge in [-0.2, -0.15) is 0 Å². The van der Waals surface area contributed by atoms with Crippen LogP contribution in [0.15, 0.2) is 76.7 Å². The largest absolute Gasteiger partial charge is 0.454 e. The van der Waals surface area contributed by atoms with Crippen molar-refractivity contribution < 1.29 is 22.8 Å². The zero-order chi connectivity index (χ0) is 26.0. The predicted octanol–water partition coefficient (Wildman–Crippen LogP) is 7.56. The number of hydrogen-bond acceptors (Lipinski definition) is 3. The summed E-state index contributed by atoms with van der Waals surface area (Å²) in [5, 5.41) is 0. The lowest BCUT2D eigenvalue weighted by atomic mass is 9.98. The summed E-state index contributed by atoms with van der Waals surface area (Å²) in [4.78, 5) is 26.0. The molecule has 0 N–H and O–H groups in total. The maximum atomic E-state index is 14.4. The Bertz CT molecular complexity index is 1740. The highest BCUT2D eigenvalue weighted by atomic mass is 19.1. The number of carbonyl (C=O) groups is 2. The van der Waals surface area contributed by atoms with Gasteiger partial charge in [-0.25, -0.2) is 8.78 Å². The number of fused-ring (bicyclic) bond motifs is 2. The minimum atomic E-state index is -0.918. The van der Waals surface area contributed by atoms with Crippen molar-refractivity contribution in [3.05, 3.63) is 117 Å². The van der Waals surface area contributed by atoms with Crippen LogP contribution in [0.1, 0.15) is 43.1 Å². The maximum Gasteiger partial charge on any atom is 0.200 e. The number of para-hydroxylation sites is 1. The molecular weight excluding hydrogens is 472 g/mol. The Morgan fingerprint density at radius 2 is 1.35 bits per heavy atom. The molecule has 1 aliphatic carbocycles. The first kappa shape index (κ1) is 22.9. The smallest absolute Gasteiger partial charge is 0.200 e. The SMILES string of the molecule is Cc1cc(C)c(-c2cc3c(cc(C=C4C(=O)c5c(F)ccc(F)c5C4=O)n3-c3ccccc3)o2)c(C)c1. The van der Waals surface area contributed by atoms with E-state index in [2.05, 4.69) is 12.1 Å². The normalized spacial score (nSPS) is 13.1. The van der Waals surface area contributed by atoms with Gasteiger partial charge < -0.3 is 8.98 Å². The van der Waals surface area contributed by atoms with Crippen molar-refractivity contribution >= 4 is 28.7 Å². The molecule has 0 amide bonds. The lowest BCUT2D eigenvalue weighted by molar-refractivity contribution is 0.0988. The Morgan fingerprint density at radius 1 is 0.757 bits per heavy atom. The summed E-state index contributed by atoms with van der Waals surface area (Å²) >= 11 is 0. The van der Waals surface area contributed by atoms with Gasteiger partial charge in [-0.15, -0.1) is 0 Å². The van der Waals surface area contributed by atoms with Crippen LogP contribution < -0.4 is 0 Å². The van der Waals surface area contributed by atoms with Crippen LogP contribution in [-0.4, -0.2) is 16.1 Å². The van der Waals surface area contributed by atoms with Crippen LogP contribution in [-0.2, 0) is 0 Å². The first-order valence-corrected chi connectivity index (χ1v) is 11.8. The minimum Gasteiger partial charge on any atom is -0.454 e. The van der Waals surface area contributed by atoms with Crippen LogP contribution in [0.25, 0.3) is 34.2 Å². The van der Waals surface area contributed by atoms with E-state index in [-0.39, 0.29) is 5.57 Å². The number of nitrogens with zero attached hydrogens (tertiary/aromatic N) is 1. The van der Waals surface area contributed by atoms with Gasteiger partial charge in [0.05, 0.1) is 27.9 Å². The third kappa shape index (κ3) is 3.48. The van der Waals surface area contributed by atoms with Crippen molar-refractivity contribution in [3.8, 4) is 17.0 Å². The molecule has 6 heteroatoms. The molecule has 0 saturated carbocycles. The number of aryl methyl sites for hydroxylation is 3. The molecule has 0 aliphatic heterocycles. The highest BCUT2D eigenvalue weighted by molar-refractivity contribution is 6.41.